The van der Waals surface area contributed by atoms with Crippen molar-refractivity contribution in [3.8, 4) is 0 Å². The van der Waals surface area contributed by atoms with Gasteiger partial charge in [-0.2, -0.15) is 4.98 Å². The van der Waals surface area contributed by atoms with Crippen LogP contribution in [0.3, 0.4) is 0 Å². The molecule has 4 rings (SSSR count). The molecule has 6 nitrogen and oxygen atoms in total. The van der Waals surface area contributed by atoms with Crippen LogP contribution < -0.4 is 15.1 Å². The van der Waals surface area contributed by atoms with Crippen LogP contribution in [0.15, 0.2) is 54.7 Å². The molecule has 7 heteroatoms. The number of anilines is 4. The van der Waals surface area contributed by atoms with E-state index in [2.05, 4.69) is 30.1 Å². The Kier molecular flexibility index (Phi) is 4.82. The monoisotopic (exact) mass is 364 g/mol. The average molecular weight is 364 g/mol. The van der Waals surface area contributed by atoms with Gasteiger partial charge in [0.15, 0.2) is 0 Å². The van der Waals surface area contributed by atoms with Crippen LogP contribution in [-0.2, 0) is 0 Å². The summed E-state index contributed by atoms with van der Waals surface area (Å²) in [6, 6.07) is 14.1. The maximum atomic E-state index is 13.1. The first-order valence-electron chi connectivity index (χ1n) is 8.96. The molecule has 3 heterocycles. The quantitative estimate of drug-likeness (QED) is 0.766. The maximum Gasteiger partial charge on any atom is 0.227 e. The minimum Gasteiger partial charge on any atom is -0.353 e. The van der Waals surface area contributed by atoms with Crippen LogP contribution in [0, 0.1) is 12.7 Å². The molecule has 0 unspecified atom stereocenters. The van der Waals surface area contributed by atoms with E-state index in [1.165, 1.54) is 12.1 Å². The number of hydrogen-bond donors (Lipinski definition) is 1. The minimum absolute atomic E-state index is 0.258. The zero-order chi connectivity index (χ0) is 18.6. The smallest absolute Gasteiger partial charge is 0.227 e. The Morgan fingerprint density at radius 2 is 1.67 bits per heavy atom. The number of halogens is 1. The van der Waals surface area contributed by atoms with E-state index in [1.54, 1.807) is 12.1 Å². The molecule has 0 atom stereocenters. The number of pyridine rings is 1. The van der Waals surface area contributed by atoms with Gasteiger partial charge in [0.1, 0.15) is 17.5 Å². The lowest BCUT2D eigenvalue weighted by atomic mass is 10.3. The van der Waals surface area contributed by atoms with Gasteiger partial charge in [0.25, 0.3) is 0 Å². The van der Waals surface area contributed by atoms with Gasteiger partial charge in [-0.25, -0.2) is 14.4 Å². The molecule has 1 aromatic carbocycles. The van der Waals surface area contributed by atoms with Gasteiger partial charge in [-0.3, -0.25) is 0 Å². The number of nitrogens with zero attached hydrogens (tertiary/aromatic N) is 5. The van der Waals surface area contributed by atoms with Crippen LogP contribution >= 0.6 is 0 Å². The number of nitrogens with one attached hydrogen (secondary N) is 1. The van der Waals surface area contributed by atoms with E-state index in [0.717, 1.165) is 43.4 Å². The molecule has 1 N–H and O–H groups in total. The maximum absolute atomic E-state index is 13.1. The fourth-order valence-electron chi connectivity index (χ4n) is 3.12. The number of rotatable bonds is 4. The van der Waals surface area contributed by atoms with Crippen LogP contribution in [0.5, 0.6) is 0 Å². The lowest BCUT2D eigenvalue weighted by Gasteiger charge is -2.35. The summed E-state index contributed by atoms with van der Waals surface area (Å²) in [4.78, 5) is 18.1. The molecule has 0 saturated carbocycles. The molecule has 0 radical (unpaired) electrons. The molecule has 1 saturated heterocycles. The van der Waals surface area contributed by atoms with Gasteiger partial charge in [0.2, 0.25) is 5.95 Å². The van der Waals surface area contributed by atoms with Gasteiger partial charge in [0, 0.05) is 49.8 Å². The van der Waals surface area contributed by atoms with Crippen molar-refractivity contribution in [2.75, 3.05) is 41.3 Å². The zero-order valence-electron chi connectivity index (χ0n) is 15.1. The predicted octanol–water partition coefficient (Wildman–Crippen LogP) is 3.39. The third-order valence-corrected chi connectivity index (χ3v) is 4.49. The number of aromatic nitrogens is 3. The fourth-order valence-corrected chi connectivity index (χ4v) is 3.12. The Hall–Kier alpha value is -3.22. The van der Waals surface area contributed by atoms with Crippen LogP contribution in [-0.4, -0.2) is 41.1 Å². The highest BCUT2D eigenvalue weighted by Crippen LogP contribution is 2.21. The summed E-state index contributed by atoms with van der Waals surface area (Å²) in [5, 5.41) is 3.22. The Morgan fingerprint density at radius 1 is 0.926 bits per heavy atom. The van der Waals surface area contributed by atoms with Gasteiger partial charge in [-0.15, -0.1) is 0 Å². The lowest BCUT2D eigenvalue weighted by molar-refractivity contribution is 0.628. The summed E-state index contributed by atoms with van der Waals surface area (Å²) in [5.74, 6) is 2.16. The molecule has 2 aromatic heterocycles. The molecule has 3 aromatic rings. The topological polar surface area (TPSA) is 57.2 Å². The van der Waals surface area contributed by atoms with E-state index in [4.69, 9.17) is 0 Å². The SMILES string of the molecule is Cc1cc(Nc2ccc(F)cc2)nc(N2CCN(c3ccccn3)CC2)n1. The van der Waals surface area contributed by atoms with Crippen molar-refractivity contribution in [1.29, 1.82) is 0 Å². The van der Waals surface area contributed by atoms with Crippen molar-refractivity contribution in [2.24, 2.45) is 0 Å². The van der Waals surface area contributed by atoms with Crippen LogP contribution in [0.25, 0.3) is 0 Å². The fraction of sp³-hybridized carbons (Fsp3) is 0.250. The Labute approximate surface area is 157 Å². The van der Waals surface area contributed by atoms with E-state index in [-0.39, 0.29) is 5.82 Å². The van der Waals surface area contributed by atoms with Crippen molar-refractivity contribution in [3.05, 3.63) is 66.2 Å². The molecule has 1 fully saturated rings. The molecule has 0 bridgehead atoms. The third-order valence-electron chi connectivity index (χ3n) is 4.49. The standard InChI is InChI=1S/C20H21FN6/c1-15-14-18(24-17-7-5-16(21)6-8-17)25-20(23-15)27-12-10-26(11-13-27)19-4-2-3-9-22-19/h2-9,14H,10-13H2,1H3,(H,23,24,25). The van der Waals surface area contributed by atoms with E-state index in [9.17, 15) is 4.39 Å². The number of benzene rings is 1. The van der Waals surface area contributed by atoms with Gasteiger partial charge >= 0.3 is 0 Å². The summed E-state index contributed by atoms with van der Waals surface area (Å²) >= 11 is 0. The van der Waals surface area contributed by atoms with Gasteiger partial charge < -0.3 is 15.1 Å². The molecule has 1 aliphatic rings. The van der Waals surface area contributed by atoms with E-state index in [0.29, 0.717) is 11.8 Å². The summed E-state index contributed by atoms with van der Waals surface area (Å²) in [7, 11) is 0. The average Bonchev–Trinajstić information content (AvgIpc) is 2.70. The molecule has 0 aliphatic carbocycles. The third kappa shape index (κ3) is 4.13. The van der Waals surface area contributed by atoms with Crippen molar-refractivity contribution in [1.82, 2.24) is 15.0 Å². The highest BCUT2D eigenvalue weighted by molar-refractivity contribution is 5.58. The Bertz CT molecular complexity index is 892. The Balaban J connectivity index is 1.46. The van der Waals surface area contributed by atoms with Gasteiger partial charge in [0.05, 0.1) is 0 Å². The lowest BCUT2D eigenvalue weighted by Crippen LogP contribution is -2.47. The first kappa shape index (κ1) is 17.2. The largest absolute Gasteiger partial charge is 0.353 e. The minimum atomic E-state index is -0.258. The van der Waals surface area contributed by atoms with E-state index < -0.39 is 0 Å². The molecular formula is C20H21FN6. The predicted molar refractivity (Wildman–Crippen MR) is 105 cm³/mol. The van der Waals surface area contributed by atoms with Crippen LogP contribution in [0.2, 0.25) is 0 Å². The van der Waals surface area contributed by atoms with Crippen molar-refractivity contribution in [2.45, 2.75) is 6.92 Å². The van der Waals surface area contributed by atoms with Gasteiger partial charge in [-0.05, 0) is 43.3 Å². The van der Waals surface area contributed by atoms with Gasteiger partial charge in [-0.1, -0.05) is 6.07 Å². The molecule has 1 aliphatic heterocycles. The molecular weight excluding hydrogens is 343 g/mol. The van der Waals surface area contributed by atoms with E-state index >= 15 is 0 Å². The first-order valence-corrected chi connectivity index (χ1v) is 8.96. The van der Waals surface area contributed by atoms with Crippen molar-refractivity contribution in [3.63, 3.8) is 0 Å². The van der Waals surface area contributed by atoms with Crippen molar-refractivity contribution < 1.29 is 4.39 Å². The summed E-state index contributed by atoms with van der Waals surface area (Å²) in [5.41, 5.74) is 1.68. The van der Waals surface area contributed by atoms with Crippen LogP contribution in [0.4, 0.5) is 27.7 Å². The first-order chi connectivity index (χ1) is 13.2. The van der Waals surface area contributed by atoms with Crippen LogP contribution in [0.1, 0.15) is 5.69 Å². The molecule has 0 amide bonds. The number of piperazine rings is 1. The molecule has 138 valence electrons. The highest BCUT2D eigenvalue weighted by Gasteiger charge is 2.20. The summed E-state index contributed by atoms with van der Waals surface area (Å²) in [6.07, 6.45) is 1.82. The van der Waals surface area contributed by atoms with Crippen molar-refractivity contribution >= 4 is 23.3 Å². The Morgan fingerprint density at radius 3 is 2.37 bits per heavy atom. The second kappa shape index (κ2) is 7.57. The summed E-state index contributed by atoms with van der Waals surface area (Å²) < 4.78 is 13.1. The zero-order valence-corrected chi connectivity index (χ0v) is 15.1. The normalized spacial score (nSPS) is 14.3. The second-order valence-electron chi connectivity index (χ2n) is 6.49. The number of hydrogen-bond acceptors (Lipinski definition) is 6. The second-order valence-corrected chi connectivity index (χ2v) is 6.49. The molecule has 27 heavy (non-hydrogen) atoms. The molecule has 0 spiro atoms. The number of aryl methyl sites for hydroxylation is 1. The van der Waals surface area contributed by atoms with E-state index in [1.807, 2.05) is 37.4 Å². The summed E-state index contributed by atoms with van der Waals surface area (Å²) in [6.45, 7) is 5.35. The highest BCUT2D eigenvalue weighted by atomic mass is 19.1.